The van der Waals surface area contributed by atoms with Crippen molar-refractivity contribution in [2.75, 3.05) is 7.11 Å². The number of nitrogens with zero attached hydrogens (tertiary/aromatic N) is 2. The Balaban J connectivity index is 3.02. The van der Waals surface area contributed by atoms with Crippen molar-refractivity contribution in [1.29, 1.82) is 0 Å². The molecular weight excluding hydrogens is 254 g/mol. The number of hydrogen-bond acceptors (Lipinski definition) is 7. The number of carbonyl (C=O) groups is 2. The molecule has 0 unspecified atom stereocenters. The number of aromatic hydroxyl groups is 1. The highest BCUT2D eigenvalue weighted by Crippen LogP contribution is 2.22. The van der Waals surface area contributed by atoms with Gasteiger partial charge in [-0.2, -0.15) is 0 Å². The molecule has 2 N–H and O–H groups in total. The molecule has 0 aliphatic rings. The Kier molecular flexibility index (Phi) is 4.15. The molecule has 0 radical (unpaired) electrons. The molecule has 0 aromatic carbocycles. The molecule has 0 saturated carbocycles. The van der Waals surface area contributed by atoms with Crippen LogP contribution in [0.3, 0.4) is 0 Å². The fraction of sp³-hybridized carbons (Fsp3) is 0.364. The van der Waals surface area contributed by atoms with Gasteiger partial charge in [0.15, 0.2) is 5.69 Å². The fourth-order valence-corrected chi connectivity index (χ4v) is 1.34. The van der Waals surface area contributed by atoms with Gasteiger partial charge in [0.2, 0.25) is 0 Å². The molecule has 8 heteroatoms. The van der Waals surface area contributed by atoms with Crippen LogP contribution in [0.2, 0.25) is 0 Å². The van der Waals surface area contributed by atoms with Crippen LogP contribution in [0.5, 0.6) is 5.75 Å². The maximum atomic E-state index is 11.9. The molecule has 0 aliphatic carbocycles. The summed E-state index contributed by atoms with van der Waals surface area (Å²) in [5.41, 5.74) is -1.89. The Hall–Kier alpha value is -2.51. The summed E-state index contributed by atoms with van der Waals surface area (Å²) < 4.78 is 4.53. The molecule has 8 nitrogen and oxygen atoms in total. The van der Waals surface area contributed by atoms with E-state index in [2.05, 4.69) is 20.2 Å². The van der Waals surface area contributed by atoms with Crippen LogP contribution in [-0.2, 0) is 9.53 Å². The van der Waals surface area contributed by atoms with Crippen molar-refractivity contribution in [3.05, 3.63) is 22.9 Å². The molecule has 102 valence electrons. The monoisotopic (exact) mass is 267 g/mol. The molecule has 1 aromatic heterocycles. The number of nitroso groups, excluding NO2 is 1. The number of ether oxygens (including phenoxy) is 1. The number of amides is 1. The van der Waals surface area contributed by atoms with E-state index in [1.54, 1.807) is 0 Å². The number of hydrogen-bond donors (Lipinski definition) is 2. The first kappa shape index (κ1) is 14.6. The average Bonchev–Trinajstić information content (AvgIpc) is 2.36. The Labute approximate surface area is 108 Å². The number of carbonyl (C=O) groups excluding carboxylic acids is 2. The molecule has 0 fully saturated rings. The topological polar surface area (TPSA) is 118 Å². The highest BCUT2D eigenvalue weighted by atomic mass is 16.5. The van der Waals surface area contributed by atoms with Gasteiger partial charge in [-0.3, -0.25) is 4.79 Å². The lowest BCUT2D eigenvalue weighted by atomic mass is 10.1. The van der Waals surface area contributed by atoms with Gasteiger partial charge >= 0.3 is 5.97 Å². The largest absolute Gasteiger partial charge is 0.506 e. The molecule has 0 bridgehead atoms. The molecule has 0 spiro atoms. The van der Waals surface area contributed by atoms with Crippen molar-refractivity contribution in [2.24, 2.45) is 5.18 Å². The van der Waals surface area contributed by atoms with Crippen molar-refractivity contribution in [1.82, 2.24) is 10.3 Å². The second kappa shape index (κ2) is 5.42. The smallest absolute Gasteiger partial charge is 0.330 e. The molecule has 0 saturated heterocycles. The first-order valence-electron chi connectivity index (χ1n) is 5.25. The maximum absolute atomic E-state index is 11.9. The van der Waals surface area contributed by atoms with Gasteiger partial charge in [0.05, 0.1) is 13.3 Å². The van der Waals surface area contributed by atoms with E-state index in [4.69, 9.17) is 5.11 Å². The first-order chi connectivity index (χ1) is 8.81. The van der Waals surface area contributed by atoms with Crippen LogP contribution in [0.15, 0.2) is 17.4 Å². The van der Waals surface area contributed by atoms with Crippen molar-refractivity contribution in [2.45, 2.75) is 19.4 Å². The van der Waals surface area contributed by atoms with Gasteiger partial charge in [-0.25, -0.2) is 9.78 Å². The van der Waals surface area contributed by atoms with E-state index < -0.39 is 17.4 Å². The van der Waals surface area contributed by atoms with Gasteiger partial charge in [-0.15, -0.1) is 4.91 Å². The summed E-state index contributed by atoms with van der Waals surface area (Å²) in [5, 5.41) is 14.1. The zero-order valence-corrected chi connectivity index (χ0v) is 10.6. The molecular formula is C11H13N3O5. The van der Waals surface area contributed by atoms with E-state index in [1.807, 2.05) is 0 Å². The second-order valence-corrected chi connectivity index (χ2v) is 4.22. The first-order valence-corrected chi connectivity index (χ1v) is 5.25. The second-order valence-electron chi connectivity index (χ2n) is 4.22. The lowest BCUT2D eigenvalue weighted by Crippen LogP contribution is -2.50. The third-order valence-corrected chi connectivity index (χ3v) is 2.29. The summed E-state index contributed by atoms with van der Waals surface area (Å²) in [6.45, 7) is 2.87. The zero-order valence-electron chi connectivity index (χ0n) is 10.6. The Morgan fingerprint density at radius 2 is 2.11 bits per heavy atom. The molecule has 0 atom stereocenters. The van der Waals surface area contributed by atoms with Crippen LogP contribution in [0, 0.1) is 4.91 Å². The number of pyridine rings is 1. The van der Waals surface area contributed by atoms with Crippen LogP contribution < -0.4 is 5.32 Å². The Bertz CT molecular complexity index is 527. The van der Waals surface area contributed by atoms with Crippen molar-refractivity contribution < 1.29 is 19.4 Å². The third-order valence-electron chi connectivity index (χ3n) is 2.29. The summed E-state index contributed by atoms with van der Waals surface area (Å²) in [6, 6.07) is 1.00. The predicted molar refractivity (Wildman–Crippen MR) is 64.9 cm³/mol. The van der Waals surface area contributed by atoms with Gasteiger partial charge in [-0.05, 0) is 19.0 Å². The third kappa shape index (κ3) is 3.24. The van der Waals surface area contributed by atoms with Crippen molar-refractivity contribution in [3.63, 3.8) is 0 Å². The van der Waals surface area contributed by atoms with E-state index in [0.717, 1.165) is 12.3 Å². The minimum Gasteiger partial charge on any atom is -0.506 e. The van der Waals surface area contributed by atoms with E-state index in [0.29, 0.717) is 0 Å². The fourth-order valence-electron chi connectivity index (χ4n) is 1.34. The lowest BCUT2D eigenvalue weighted by Gasteiger charge is -2.22. The zero-order chi connectivity index (χ0) is 14.6. The molecule has 19 heavy (non-hydrogen) atoms. The molecule has 1 heterocycles. The highest BCUT2D eigenvalue weighted by Gasteiger charge is 2.32. The Morgan fingerprint density at radius 3 is 2.63 bits per heavy atom. The quantitative estimate of drug-likeness (QED) is 0.617. The SMILES string of the molecule is COC(=O)C(C)(C)NC(=O)c1ncc(O)cc1N=O. The minimum absolute atomic E-state index is 0.287. The van der Waals surface area contributed by atoms with Gasteiger partial charge in [0.1, 0.15) is 17.0 Å². The van der Waals surface area contributed by atoms with Crippen LogP contribution in [0.1, 0.15) is 24.3 Å². The minimum atomic E-state index is -1.29. The van der Waals surface area contributed by atoms with Gasteiger partial charge in [-0.1, -0.05) is 0 Å². The van der Waals surface area contributed by atoms with Gasteiger partial charge < -0.3 is 15.2 Å². The average molecular weight is 267 g/mol. The lowest BCUT2D eigenvalue weighted by molar-refractivity contribution is -0.146. The van der Waals surface area contributed by atoms with E-state index >= 15 is 0 Å². The highest BCUT2D eigenvalue weighted by molar-refractivity contribution is 6.00. The van der Waals surface area contributed by atoms with Gasteiger partial charge in [0, 0.05) is 6.07 Å². The van der Waals surface area contributed by atoms with E-state index in [-0.39, 0.29) is 17.1 Å². The number of nitrogens with one attached hydrogen (secondary N) is 1. The number of esters is 1. The van der Waals surface area contributed by atoms with E-state index in [1.165, 1.54) is 21.0 Å². The predicted octanol–water partition coefficient (Wildman–Crippen LogP) is 0.866. The number of rotatable bonds is 4. The van der Waals surface area contributed by atoms with Crippen molar-refractivity contribution in [3.8, 4) is 5.75 Å². The van der Waals surface area contributed by atoms with Crippen LogP contribution in [0.25, 0.3) is 0 Å². The van der Waals surface area contributed by atoms with Crippen LogP contribution in [0.4, 0.5) is 5.69 Å². The summed E-state index contributed by atoms with van der Waals surface area (Å²) in [4.78, 5) is 37.5. The maximum Gasteiger partial charge on any atom is 0.330 e. The normalized spacial score (nSPS) is 10.7. The molecule has 1 aromatic rings. The standard InChI is InChI=1S/C11H13N3O5/c1-11(2,10(17)19-3)13-9(16)8-7(14-18)4-6(15)5-12-8/h4-5,15H,1-3H3,(H,13,16). The van der Waals surface area contributed by atoms with Crippen LogP contribution in [-0.4, -0.2) is 34.6 Å². The molecule has 0 aliphatic heterocycles. The van der Waals surface area contributed by atoms with Crippen molar-refractivity contribution >= 4 is 17.6 Å². The van der Waals surface area contributed by atoms with Crippen LogP contribution >= 0.6 is 0 Å². The summed E-state index contributed by atoms with van der Waals surface area (Å²) in [7, 11) is 1.19. The summed E-state index contributed by atoms with van der Waals surface area (Å²) >= 11 is 0. The molecule has 1 rings (SSSR count). The molecule has 1 amide bonds. The number of aromatic nitrogens is 1. The summed E-state index contributed by atoms with van der Waals surface area (Å²) in [6.07, 6.45) is 0.995. The Morgan fingerprint density at radius 1 is 1.47 bits per heavy atom. The number of methoxy groups -OCH3 is 1. The summed E-state index contributed by atoms with van der Waals surface area (Å²) in [5.74, 6) is -1.72. The van der Waals surface area contributed by atoms with Gasteiger partial charge in [0.25, 0.3) is 5.91 Å². The van der Waals surface area contributed by atoms with E-state index in [9.17, 15) is 14.5 Å².